The first-order valence-corrected chi connectivity index (χ1v) is 7.88. The van der Waals surface area contributed by atoms with E-state index in [1.165, 1.54) is 5.56 Å². The second kappa shape index (κ2) is 6.00. The molecule has 1 N–H and O–H groups in total. The standard InChI is InChI=1S/C21H20O3/c1-21(2,3)17-6-4-5-15(12-17)19-13-16-11-14(8-10-20(22)23)7-9-18(16)24-19/h4-13H,1-3H3,(H,22,23)/b10-8+. The Morgan fingerprint density at radius 3 is 2.58 bits per heavy atom. The van der Waals surface area contributed by atoms with Crippen molar-refractivity contribution < 1.29 is 14.3 Å². The van der Waals surface area contributed by atoms with Crippen LogP contribution < -0.4 is 0 Å². The van der Waals surface area contributed by atoms with Gasteiger partial charge in [-0.3, -0.25) is 0 Å². The van der Waals surface area contributed by atoms with Gasteiger partial charge in [-0.15, -0.1) is 0 Å². The zero-order chi connectivity index (χ0) is 17.3. The number of carboxylic acid groups (broad SMARTS) is 1. The molecular formula is C21H20O3. The van der Waals surface area contributed by atoms with E-state index < -0.39 is 5.97 Å². The molecular weight excluding hydrogens is 300 g/mol. The quantitative estimate of drug-likeness (QED) is 0.649. The Balaban J connectivity index is 2.01. The summed E-state index contributed by atoms with van der Waals surface area (Å²) in [7, 11) is 0. The highest BCUT2D eigenvalue weighted by atomic mass is 16.4. The Morgan fingerprint density at radius 2 is 1.88 bits per heavy atom. The molecule has 0 atom stereocenters. The molecule has 0 spiro atoms. The maximum Gasteiger partial charge on any atom is 0.328 e. The first-order valence-electron chi connectivity index (χ1n) is 7.88. The van der Waals surface area contributed by atoms with Crippen molar-refractivity contribution in [3.8, 4) is 11.3 Å². The molecule has 0 aliphatic carbocycles. The summed E-state index contributed by atoms with van der Waals surface area (Å²) < 4.78 is 5.96. The van der Waals surface area contributed by atoms with Crippen LogP contribution >= 0.6 is 0 Å². The zero-order valence-corrected chi connectivity index (χ0v) is 14.0. The van der Waals surface area contributed by atoms with Crippen LogP contribution in [0.5, 0.6) is 0 Å². The minimum absolute atomic E-state index is 0.0802. The Hall–Kier alpha value is -2.81. The van der Waals surface area contributed by atoms with Gasteiger partial charge in [0.1, 0.15) is 11.3 Å². The average molecular weight is 320 g/mol. The van der Waals surface area contributed by atoms with Gasteiger partial charge in [-0.1, -0.05) is 45.0 Å². The fraction of sp³-hybridized carbons (Fsp3) is 0.190. The van der Waals surface area contributed by atoms with Crippen molar-refractivity contribution in [2.24, 2.45) is 0 Å². The molecule has 1 heterocycles. The van der Waals surface area contributed by atoms with Crippen LogP contribution in [0.1, 0.15) is 31.9 Å². The highest BCUT2D eigenvalue weighted by molar-refractivity contribution is 5.88. The number of furan rings is 1. The number of hydrogen-bond acceptors (Lipinski definition) is 2. The van der Waals surface area contributed by atoms with E-state index in [0.29, 0.717) is 0 Å². The Bertz CT molecular complexity index is 924. The maximum absolute atomic E-state index is 10.6. The molecule has 1 aromatic heterocycles. The lowest BCUT2D eigenvalue weighted by atomic mass is 9.86. The van der Waals surface area contributed by atoms with E-state index in [4.69, 9.17) is 9.52 Å². The summed E-state index contributed by atoms with van der Waals surface area (Å²) in [5.74, 6) is -0.141. The summed E-state index contributed by atoms with van der Waals surface area (Å²) in [6.07, 6.45) is 2.71. The van der Waals surface area contributed by atoms with E-state index in [0.717, 1.165) is 33.9 Å². The highest BCUT2D eigenvalue weighted by Gasteiger charge is 2.15. The number of hydrogen-bond donors (Lipinski definition) is 1. The monoisotopic (exact) mass is 320 g/mol. The van der Waals surface area contributed by atoms with Gasteiger partial charge >= 0.3 is 5.97 Å². The van der Waals surface area contributed by atoms with E-state index in [1.54, 1.807) is 6.08 Å². The van der Waals surface area contributed by atoms with Crippen LogP contribution in [0.4, 0.5) is 0 Å². The molecule has 0 bridgehead atoms. The fourth-order valence-corrected chi connectivity index (χ4v) is 2.61. The van der Waals surface area contributed by atoms with Crippen molar-refractivity contribution >= 4 is 23.0 Å². The van der Waals surface area contributed by atoms with Gasteiger partial charge in [0, 0.05) is 17.0 Å². The minimum Gasteiger partial charge on any atom is -0.478 e. The molecule has 0 amide bonds. The second-order valence-electron chi connectivity index (χ2n) is 6.91. The number of carboxylic acids is 1. The molecule has 0 aliphatic rings. The lowest BCUT2D eigenvalue weighted by Crippen LogP contribution is -2.10. The lowest BCUT2D eigenvalue weighted by Gasteiger charge is -2.19. The number of aliphatic carboxylic acids is 1. The summed E-state index contributed by atoms with van der Waals surface area (Å²) in [6, 6.07) is 16.0. The molecule has 3 heteroatoms. The first-order chi connectivity index (χ1) is 11.3. The van der Waals surface area contributed by atoms with E-state index in [2.05, 4.69) is 32.9 Å². The molecule has 0 aliphatic heterocycles. The highest BCUT2D eigenvalue weighted by Crippen LogP contribution is 2.31. The molecule has 122 valence electrons. The molecule has 0 saturated carbocycles. The van der Waals surface area contributed by atoms with E-state index in [1.807, 2.05) is 36.4 Å². The minimum atomic E-state index is -0.957. The van der Waals surface area contributed by atoms with E-state index in [9.17, 15) is 4.79 Å². The number of rotatable bonds is 3. The van der Waals surface area contributed by atoms with Crippen LogP contribution in [-0.2, 0) is 10.2 Å². The summed E-state index contributed by atoms with van der Waals surface area (Å²) in [5.41, 5.74) is 4.00. The van der Waals surface area contributed by atoms with Crippen LogP contribution in [-0.4, -0.2) is 11.1 Å². The summed E-state index contributed by atoms with van der Waals surface area (Å²) in [5, 5.41) is 9.68. The Labute approximate surface area is 141 Å². The summed E-state index contributed by atoms with van der Waals surface area (Å²) in [4.78, 5) is 10.6. The number of carbonyl (C=O) groups is 1. The molecule has 3 nitrogen and oxygen atoms in total. The van der Waals surface area contributed by atoms with Gasteiger partial charge in [0.05, 0.1) is 0 Å². The van der Waals surface area contributed by atoms with Crippen LogP contribution in [0.15, 0.2) is 59.0 Å². The Kier molecular flexibility index (Phi) is 4.02. The SMILES string of the molecule is CC(C)(C)c1cccc(-c2cc3cc(/C=C/C(=O)O)ccc3o2)c1. The van der Waals surface area contributed by atoms with Crippen molar-refractivity contribution in [1.29, 1.82) is 0 Å². The predicted octanol–water partition coefficient (Wildman–Crippen LogP) is 5.50. The van der Waals surface area contributed by atoms with Crippen LogP contribution in [0.25, 0.3) is 28.4 Å². The van der Waals surface area contributed by atoms with Crippen LogP contribution in [0, 0.1) is 0 Å². The van der Waals surface area contributed by atoms with Gasteiger partial charge in [-0.25, -0.2) is 4.79 Å². The number of benzene rings is 2. The zero-order valence-electron chi connectivity index (χ0n) is 14.0. The van der Waals surface area contributed by atoms with Gasteiger partial charge < -0.3 is 9.52 Å². The molecule has 24 heavy (non-hydrogen) atoms. The molecule has 3 rings (SSSR count). The van der Waals surface area contributed by atoms with Crippen molar-refractivity contribution in [2.45, 2.75) is 26.2 Å². The van der Waals surface area contributed by atoms with Crippen molar-refractivity contribution in [1.82, 2.24) is 0 Å². The van der Waals surface area contributed by atoms with Crippen molar-refractivity contribution in [3.63, 3.8) is 0 Å². The number of fused-ring (bicyclic) bond motifs is 1. The van der Waals surface area contributed by atoms with Crippen LogP contribution in [0.2, 0.25) is 0 Å². The third kappa shape index (κ3) is 3.40. The third-order valence-electron chi connectivity index (χ3n) is 3.97. The molecule has 0 unspecified atom stereocenters. The molecule has 3 aromatic rings. The Morgan fingerprint density at radius 1 is 1.08 bits per heavy atom. The molecule has 2 aromatic carbocycles. The van der Waals surface area contributed by atoms with Gasteiger partial charge in [-0.2, -0.15) is 0 Å². The molecule has 0 saturated heterocycles. The first kappa shape index (κ1) is 16.1. The van der Waals surface area contributed by atoms with Gasteiger partial charge in [-0.05, 0) is 46.9 Å². The topological polar surface area (TPSA) is 50.4 Å². The molecule has 0 fully saturated rings. The largest absolute Gasteiger partial charge is 0.478 e. The normalized spacial score (nSPS) is 12.1. The van der Waals surface area contributed by atoms with Gasteiger partial charge in [0.2, 0.25) is 0 Å². The average Bonchev–Trinajstić information content (AvgIpc) is 2.95. The smallest absolute Gasteiger partial charge is 0.328 e. The third-order valence-corrected chi connectivity index (χ3v) is 3.97. The fourth-order valence-electron chi connectivity index (χ4n) is 2.61. The van der Waals surface area contributed by atoms with Gasteiger partial charge in [0.15, 0.2) is 0 Å². The van der Waals surface area contributed by atoms with E-state index in [-0.39, 0.29) is 5.41 Å². The maximum atomic E-state index is 10.6. The van der Waals surface area contributed by atoms with E-state index >= 15 is 0 Å². The van der Waals surface area contributed by atoms with Crippen LogP contribution in [0.3, 0.4) is 0 Å². The van der Waals surface area contributed by atoms with Gasteiger partial charge in [0.25, 0.3) is 0 Å². The molecule has 0 radical (unpaired) electrons. The summed E-state index contributed by atoms with van der Waals surface area (Å²) in [6.45, 7) is 6.56. The summed E-state index contributed by atoms with van der Waals surface area (Å²) >= 11 is 0. The van der Waals surface area contributed by atoms with Crippen molar-refractivity contribution in [3.05, 3.63) is 65.7 Å². The second-order valence-corrected chi connectivity index (χ2v) is 6.91. The predicted molar refractivity (Wildman–Crippen MR) is 97.0 cm³/mol. The lowest BCUT2D eigenvalue weighted by molar-refractivity contribution is -0.131. The van der Waals surface area contributed by atoms with Crippen molar-refractivity contribution in [2.75, 3.05) is 0 Å².